The fraction of sp³-hybridized carbons (Fsp3) is 0.672. The lowest BCUT2D eigenvalue weighted by Crippen LogP contribution is -2.30. The molecule has 0 heterocycles. The molecular formula is C58H96O6. The minimum Gasteiger partial charge on any atom is -0.462 e. The number of carbonyl (C=O) groups is 3. The average molecular weight is 889 g/mol. The summed E-state index contributed by atoms with van der Waals surface area (Å²) >= 11 is 0. The van der Waals surface area contributed by atoms with E-state index in [1.165, 1.54) is 83.5 Å². The van der Waals surface area contributed by atoms with Crippen LogP contribution in [0.15, 0.2) is 97.2 Å². The van der Waals surface area contributed by atoms with Crippen molar-refractivity contribution < 1.29 is 28.6 Å². The van der Waals surface area contributed by atoms with Crippen LogP contribution in [0.5, 0.6) is 0 Å². The molecule has 0 fully saturated rings. The van der Waals surface area contributed by atoms with Crippen molar-refractivity contribution >= 4 is 17.9 Å². The Morgan fingerprint density at radius 3 is 1.03 bits per heavy atom. The van der Waals surface area contributed by atoms with Crippen LogP contribution in [0.2, 0.25) is 0 Å². The second-order valence-electron chi connectivity index (χ2n) is 17.2. The second kappa shape index (κ2) is 52.0. The molecule has 0 N–H and O–H groups in total. The summed E-state index contributed by atoms with van der Waals surface area (Å²) in [5.74, 6) is -0.947. The lowest BCUT2D eigenvalue weighted by atomic mass is 10.1. The van der Waals surface area contributed by atoms with Gasteiger partial charge in [0.2, 0.25) is 0 Å². The third-order valence-corrected chi connectivity index (χ3v) is 10.9. The summed E-state index contributed by atoms with van der Waals surface area (Å²) in [4.78, 5) is 38.0. The maximum Gasteiger partial charge on any atom is 0.306 e. The highest BCUT2D eigenvalue weighted by Gasteiger charge is 2.19. The van der Waals surface area contributed by atoms with Gasteiger partial charge in [-0.05, 0) is 89.9 Å². The normalized spacial score (nSPS) is 12.9. The van der Waals surface area contributed by atoms with E-state index in [1.54, 1.807) is 0 Å². The van der Waals surface area contributed by atoms with E-state index >= 15 is 0 Å². The van der Waals surface area contributed by atoms with Crippen LogP contribution in [0.1, 0.15) is 233 Å². The van der Waals surface area contributed by atoms with Crippen molar-refractivity contribution in [2.24, 2.45) is 0 Å². The summed E-state index contributed by atoms with van der Waals surface area (Å²) < 4.78 is 16.8. The highest BCUT2D eigenvalue weighted by molar-refractivity contribution is 5.71. The Kier molecular flexibility index (Phi) is 49.0. The fourth-order valence-corrected chi connectivity index (χ4v) is 6.98. The van der Waals surface area contributed by atoms with Gasteiger partial charge in [0.15, 0.2) is 6.10 Å². The van der Waals surface area contributed by atoms with Gasteiger partial charge in [-0.3, -0.25) is 14.4 Å². The molecule has 0 saturated carbocycles. The molecular weight excluding hydrogens is 793 g/mol. The van der Waals surface area contributed by atoms with Gasteiger partial charge in [-0.1, -0.05) is 221 Å². The quantitative estimate of drug-likeness (QED) is 0.0199. The molecule has 364 valence electrons. The van der Waals surface area contributed by atoms with Gasteiger partial charge in [0.1, 0.15) is 13.2 Å². The van der Waals surface area contributed by atoms with E-state index in [0.717, 1.165) is 109 Å². The summed E-state index contributed by atoms with van der Waals surface area (Å²) in [6.45, 7) is 6.41. The Balaban J connectivity index is 4.47. The molecule has 64 heavy (non-hydrogen) atoms. The van der Waals surface area contributed by atoms with Gasteiger partial charge < -0.3 is 14.2 Å². The van der Waals surface area contributed by atoms with Gasteiger partial charge in [0.05, 0.1) is 0 Å². The van der Waals surface area contributed by atoms with Crippen molar-refractivity contribution in [2.45, 2.75) is 239 Å². The van der Waals surface area contributed by atoms with Crippen molar-refractivity contribution in [1.29, 1.82) is 0 Å². The van der Waals surface area contributed by atoms with Gasteiger partial charge >= 0.3 is 17.9 Å². The first-order valence-corrected chi connectivity index (χ1v) is 26.3. The molecule has 0 aromatic carbocycles. The largest absolute Gasteiger partial charge is 0.462 e. The molecule has 0 bridgehead atoms. The first kappa shape index (κ1) is 60.3. The number of hydrogen-bond acceptors (Lipinski definition) is 6. The summed E-state index contributed by atoms with van der Waals surface area (Å²) in [5.41, 5.74) is 0. The Hall–Kier alpha value is -3.67. The molecule has 0 saturated heterocycles. The van der Waals surface area contributed by atoms with E-state index in [1.807, 2.05) is 0 Å². The van der Waals surface area contributed by atoms with Gasteiger partial charge in [-0.2, -0.15) is 0 Å². The third-order valence-electron chi connectivity index (χ3n) is 10.9. The SMILES string of the molecule is CC\C=C/C=C\C=C/CCCCCCCC(=O)OCC(COC(=O)CCCCCCC\C=C/C=C\C=C/C=C\CCCCC)OC(=O)CCCCCCCCC/C=C\CCCCCC. The first-order chi connectivity index (χ1) is 31.5. The molecule has 1 unspecified atom stereocenters. The Morgan fingerprint density at radius 1 is 0.328 bits per heavy atom. The lowest BCUT2D eigenvalue weighted by molar-refractivity contribution is -0.167. The van der Waals surface area contributed by atoms with E-state index in [4.69, 9.17) is 14.2 Å². The van der Waals surface area contributed by atoms with Crippen molar-refractivity contribution in [3.8, 4) is 0 Å². The first-order valence-electron chi connectivity index (χ1n) is 26.3. The monoisotopic (exact) mass is 889 g/mol. The van der Waals surface area contributed by atoms with Crippen LogP contribution < -0.4 is 0 Å². The predicted molar refractivity (Wildman–Crippen MR) is 274 cm³/mol. The van der Waals surface area contributed by atoms with Crippen LogP contribution >= 0.6 is 0 Å². The standard InChI is InChI=1S/C58H96O6/c1-4-7-10-13-16-19-22-25-27-28-29-31-33-36-39-42-45-48-51-57(60)63-54-55(53-62-56(59)50-47-44-41-38-35-32-24-21-18-15-12-9-6-3)64-58(61)52-49-46-43-40-37-34-30-26-23-20-17-14-11-8-5-2/h9,12,15-16,18-25,27-29,31,55H,4-8,10-11,13-14,17,26,30,32-54H2,1-3H3/b12-9-,18-15-,19-16-,23-20-,24-21-,25-22-,28-27-,31-29-. The van der Waals surface area contributed by atoms with Crippen LogP contribution in [0.3, 0.4) is 0 Å². The number of allylic oxidation sites excluding steroid dienone is 16. The van der Waals surface area contributed by atoms with Gasteiger partial charge in [-0.25, -0.2) is 0 Å². The summed E-state index contributed by atoms with van der Waals surface area (Å²) in [6, 6.07) is 0. The lowest BCUT2D eigenvalue weighted by Gasteiger charge is -2.18. The van der Waals surface area contributed by atoms with Crippen molar-refractivity contribution in [3.05, 3.63) is 97.2 Å². The number of rotatable bonds is 46. The predicted octanol–water partition coefficient (Wildman–Crippen LogP) is 17.4. The zero-order valence-electron chi connectivity index (χ0n) is 41.5. The maximum atomic E-state index is 12.8. The van der Waals surface area contributed by atoms with E-state index < -0.39 is 6.10 Å². The highest BCUT2D eigenvalue weighted by Crippen LogP contribution is 2.14. The van der Waals surface area contributed by atoms with Crippen LogP contribution in [0.25, 0.3) is 0 Å². The van der Waals surface area contributed by atoms with Crippen LogP contribution in [-0.2, 0) is 28.6 Å². The minimum absolute atomic E-state index is 0.0988. The van der Waals surface area contributed by atoms with Crippen LogP contribution in [-0.4, -0.2) is 37.2 Å². The third kappa shape index (κ3) is 49.3. The van der Waals surface area contributed by atoms with Gasteiger partial charge in [-0.15, -0.1) is 0 Å². The molecule has 1 atom stereocenters. The molecule has 0 spiro atoms. The zero-order chi connectivity index (χ0) is 46.5. The topological polar surface area (TPSA) is 78.9 Å². The van der Waals surface area contributed by atoms with Crippen LogP contribution in [0.4, 0.5) is 0 Å². The van der Waals surface area contributed by atoms with E-state index in [-0.39, 0.29) is 31.1 Å². The molecule has 0 amide bonds. The number of esters is 3. The second-order valence-corrected chi connectivity index (χ2v) is 17.2. The molecule has 0 rings (SSSR count). The summed E-state index contributed by atoms with van der Waals surface area (Å²) in [5, 5.41) is 0. The molecule has 0 aliphatic heterocycles. The van der Waals surface area contributed by atoms with E-state index in [9.17, 15) is 14.4 Å². The highest BCUT2D eigenvalue weighted by atomic mass is 16.6. The van der Waals surface area contributed by atoms with Crippen molar-refractivity contribution in [1.82, 2.24) is 0 Å². The van der Waals surface area contributed by atoms with Crippen LogP contribution in [0, 0.1) is 0 Å². The molecule has 0 aromatic rings. The van der Waals surface area contributed by atoms with E-state index in [0.29, 0.717) is 19.3 Å². The Labute approximate surface area is 394 Å². The van der Waals surface area contributed by atoms with Crippen molar-refractivity contribution in [3.63, 3.8) is 0 Å². The number of hydrogen-bond donors (Lipinski definition) is 0. The fourth-order valence-electron chi connectivity index (χ4n) is 6.98. The van der Waals surface area contributed by atoms with Gasteiger partial charge in [0, 0.05) is 19.3 Å². The average Bonchev–Trinajstić information content (AvgIpc) is 3.29. The molecule has 0 aliphatic rings. The smallest absolute Gasteiger partial charge is 0.306 e. The Morgan fingerprint density at radius 2 is 0.625 bits per heavy atom. The molecule has 0 aromatic heterocycles. The number of carbonyl (C=O) groups excluding carboxylic acids is 3. The molecule has 6 nitrogen and oxygen atoms in total. The maximum absolute atomic E-state index is 12.8. The molecule has 0 radical (unpaired) electrons. The molecule has 0 aliphatic carbocycles. The van der Waals surface area contributed by atoms with E-state index in [2.05, 4.69) is 118 Å². The minimum atomic E-state index is -0.799. The molecule has 6 heteroatoms. The van der Waals surface area contributed by atoms with Gasteiger partial charge in [0.25, 0.3) is 0 Å². The number of unbranched alkanes of at least 4 members (excludes halogenated alkanes) is 24. The summed E-state index contributed by atoms with van der Waals surface area (Å²) in [7, 11) is 0. The zero-order valence-corrected chi connectivity index (χ0v) is 41.5. The number of ether oxygens (including phenoxy) is 3. The summed E-state index contributed by atoms with van der Waals surface area (Å²) in [6.07, 6.45) is 68.1. The Bertz CT molecular complexity index is 1300. The van der Waals surface area contributed by atoms with Crippen molar-refractivity contribution in [2.75, 3.05) is 13.2 Å².